The van der Waals surface area contributed by atoms with E-state index in [1.54, 1.807) is 24.3 Å². The fourth-order valence-corrected chi connectivity index (χ4v) is 2.44. The molecule has 0 amide bonds. The summed E-state index contributed by atoms with van der Waals surface area (Å²) in [5.74, 6) is 0.682. The Hall–Kier alpha value is -1.89. The van der Waals surface area contributed by atoms with Crippen molar-refractivity contribution in [2.24, 2.45) is 0 Å². The number of para-hydroxylation sites is 1. The lowest BCUT2D eigenvalue weighted by molar-refractivity contribution is 0.754. The van der Waals surface area contributed by atoms with Crippen LogP contribution in [0.5, 0.6) is 0 Å². The van der Waals surface area contributed by atoms with Gasteiger partial charge in [0.2, 0.25) is 5.95 Å². The summed E-state index contributed by atoms with van der Waals surface area (Å²) in [6.07, 6.45) is 2.17. The van der Waals surface area contributed by atoms with Crippen molar-refractivity contribution in [2.45, 2.75) is 13.3 Å². The Bertz CT molecular complexity index is 724. The van der Waals surface area contributed by atoms with Crippen LogP contribution in [0.25, 0.3) is 5.69 Å². The smallest absolute Gasteiger partial charge is 0.289 e. The van der Waals surface area contributed by atoms with Crippen LogP contribution >= 0.6 is 23.2 Å². The van der Waals surface area contributed by atoms with Crippen LogP contribution < -0.4 is 16.5 Å². The molecule has 6 nitrogen and oxygen atoms in total. The van der Waals surface area contributed by atoms with Gasteiger partial charge in [0.05, 0.1) is 15.7 Å². The zero-order valence-electron chi connectivity index (χ0n) is 11.9. The molecule has 2 rings (SSSR count). The van der Waals surface area contributed by atoms with Crippen molar-refractivity contribution in [3.63, 3.8) is 0 Å². The molecule has 8 heteroatoms. The summed E-state index contributed by atoms with van der Waals surface area (Å²) in [5, 5.41) is 0.719. The highest BCUT2D eigenvalue weighted by Crippen LogP contribution is 2.28. The van der Waals surface area contributed by atoms with E-state index in [2.05, 4.69) is 27.4 Å². The molecule has 0 aliphatic heterocycles. The van der Waals surface area contributed by atoms with Gasteiger partial charge in [0.25, 0.3) is 0 Å². The SMILES string of the molecule is C=CCNNc1nc(CC)n(-c2c(Cl)cccc2Cl)c(=O)n1. The van der Waals surface area contributed by atoms with Crippen molar-refractivity contribution in [3.8, 4) is 5.69 Å². The number of hydrazine groups is 1. The maximum absolute atomic E-state index is 12.4. The first-order chi connectivity index (χ1) is 10.6. The second-order valence-corrected chi connectivity index (χ2v) is 5.11. The van der Waals surface area contributed by atoms with E-state index in [-0.39, 0.29) is 5.95 Å². The average Bonchev–Trinajstić information content (AvgIpc) is 2.48. The second kappa shape index (κ2) is 7.40. The lowest BCUT2D eigenvalue weighted by atomic mass is 10.3. The van der Waals surface area contributed by atoms with Gasteiger partial charge in [-0.3, -0.25) is 5.43 Å². The molecule has 0 aliphatic carbocycles. The number of rotatable bonds is 6. The number of hydrogen-bond acceptors (Lipinski definition) is 5. The molecule has 1 aromatic heterocycles. The minimum Gasteiger partial charge on any atom is -0.289 e. The summed E-state index contributed by atoms with van der Waals surface area (Å²) in [5.41, 5.74) is 5.44. The predicted molar refractivity (Wildman–Crippen MR) is 88.8 cm³/mol. The molecule has 0 saturated carbocycles. The third-order valence-electron chi connectivity index (χ3n) is 2.81. The highest BCUT2D eigenvalue weighted by Gasteiger charge is 2.16. The van der Waals surface area contributed by atoms with Gasteiger partial charge < -0.3 is 0 Å². The van der Waals surface area contributed by atoms with E-state index < -0.39 is 5.69 Å². The van der Waals surface area contributed by atoms with E-state index in [0.29, 0.717) is 34.5 Å². The van der Waals surface area contributed by atoms with Crippen molar-refractivity contribution >= 4 is 29.2 Å². The first-order valence-corrected chi connectivity index (χ1v) is 7.38. The van der Waals surface area contributed by atoms with Crippen LogP contribution in [0.15, 0.2) is 35.6 Å². The van der Waals surface area contributed by atoms with Gasteiger partial charge in [-0.25, -0.2) is 14.8 Å². The Kier molecular flexibility index (Phi) is 5.54. The van der Waals surface area contributed by atoms with Gasteiger partial charge >= 0.3 is 5.69 Å². The van der Waals surface area contributed by atoms with Crippen LogP contribution in [0.3, 0.4) is 0 Å². The molecule has 0 unspecified atom stereocenters. The number of nitrogens with zero attached hydrogens (tertiary/aromatic N) is 3. The standard InChI is InChI=1S/C14H15Cl2N5O/c1-3-8-17-20-13-18-11(4-2)21(14(22)19-13)12-9(15)6-5-7-10(12)16/h3,5-7,17H,1,4,8H2,2H3,(H,19,20,22). The Balaban J connectivity index is 2.53. The number of hydrogen-bond donors (Lipinski definition) is 2. The first kappa shape index (κ1) is 16.5. The van der Waals surface area contributed by atoms with Crippen LogP contribution in [0.2, 0.25) is 10.0 Å². The van der Waals surface area contributed by atoms with Gasteiger partial charge in [-0.15, -0.1) is 6.58 Å². The molecule has 0 atom stereocenters. The maximum atomic E-state index is 12.4. The molecular weight excluding hydrogens is 325 g/mol. The zero-order valence-corrected chi connectivity index (χ0v) is 13.4. The molecule has 116 valence electrons. The van der Waals surface area contributed by atoms with E-state index in [4.69, 9.17) is 23.2 Å². The van der Waals surface area contributed by atoms with E-state index in [0.717, 1.165) is 0 Å². The predicted octanol–water partition coefficient (Wildman–Crippen LogP) is 2.60. The van der Waals surface area contributed by atoms with Gasteiger partial charge in [0.1, 0.15) is 5.82 Å². The molecule has 22 heavy (non-hydrogen) atoms. The summed E-state index contributed by atoms with van der Waals surface area (Å²) in [6, 6.07) is 5.03. The van der Waals surface area contributed by atoms with E-state index >= 15 is 0 Å². The molecule has 1 heterocycles. The topological polar surface area (TPSA) is 71.8 Å². The Morgan fingerprint density at radius 2 is 2.00 bits per heavy atom. The Morgan fingerprint density at radius 1 is 1.32 bits per heavy atom. The normalized spacial score (nSPS) is 10.5. The lowest BCUT2D eigenvalue weighted by Crippen LogP contribution is -2.31. The number of anilines is 1. The maximum Gasteiger partial charge on any atom is 0.357 e. The fourth-order valence-electron chi connectivity index (χ4n) is 1.87. The van der Waals surface area contributed by atoms with Gasteiger partial charge in [0, 0.05) is 13.0 Å². The van der Waals surface area contributed by atoms with E-state index in [9.17, 15) is 4.79 Å². The summed E-state index contributed by atoms with van der Waals surface area (Å²) in [7, 11) is 0. The summed E-state index contributed by atoms with van der Waals surface area (Å²) in [6.45, 7) is 5.96. The number of halogens is 2. The highest BCUT2D eigenvalue weighted by atomic mass is 35.5. The quantitative estimate of drug-likeness (QED) is 0.480. The highest BCUT2D eigenvalue weighted by molar-refractivity contribution is 6.37. The first-order valence-electron chi connectivity index (χ1n) is 6.62. The van der Waals surface area contributed by atoms with Crippen LogP contribution in [0.4, 0.5) is 5.95 Å². The van der Waals surface area contributed by atoms with Gasteiger partial charge in [0.15, 0.2) is 0 Å². The summed E-state index contributed by atoms with van der Waals surface area (Å²) >= 11 is 12.3. The van der Waals surface area contributed by atoms with Gasteiger partial charge in [-0.05, 0) is 12.1 Å². The molecule has 0 saturated heterocycles. The molecular formula is C14H15Cl2N5O. The molecule has 2 aromatic rings. The minimum atomic E-state index is -0.509. The second-order valence-electron chi connectivity index (χ2n) is 4.30. The molecule has 0 aliphatic rings. The van der Waals surface area contributed by atoms with Crippen molar-refractivity contribution < 1.29 is 0 Å². The molecule has 0 spiro atoms. The minimum absolute atomic E-state index is 0.183. The third kappa shape index (κ3) is 3.47. The molecule has 2 N–H and O–H groups in total. The van der Waals surface area contributed by atoms with Crippen molar-refractivity contribution in [3.05, 3.63) is 57.2 Å². The van der Waals surface area contributed by atoms with Crippen LogP contribution in [0, 0.1) is 0 Å². The number of aromatic nitrogens is 3. The Labute approximate surface area is 137 Å². The van der Waals surface area contributed by atoms with Crippen molar-refractivity contribution in [1.29, 1.82) is 0 Å². The number of nitrogens with one attached hydrogen (secondary N) is 2. The van der Waals surface area contributed by atoms with E-state index in [1.807, 2.05) is 6.92 Å². The number of aryl methyl sites for hydroxylation is 1. The van der Waals surface area contributed by atoms with Crippen LogP contribution in [-0.2, 0) is 6.42 Å². The van der Waals surface area contributed by atoms with Crippen molar-refractivity contribution in [1.82, 2.24) is 20.0 Å². The Morgan fingerprint density at radius 3 is 2.59 bits per heavy atom. The monoisotopic (exact) mass is 339 g/mol. The van der Waals surface area contributed by atoms with Crippen LogP contribution in [-0.4, -0.2) is 21.1 Å². The average molecular weight is 340 g/mol. The molecule has 0 fully saturated rings. The lowest BCUT2D eigenvalue weighted by Gasteiger charge is -2.14. The molecule has 1 aromatic carbocycles. The number of benzene rings is 1. The fraction of sp³-hybridized carbons (Fsp3) is 0.214. The summed E-state index contributed by atoms with van der Waals surface area (Å²) < 4.78 is 1.32. The largest absolute Gasteiger partial charge is 0.357 e. The van der Waals surface area contributed by atoms with Crippen molar-refractivity contribution in [2.75, 3.05) is 12.0 Å². The van der Waals surface area contributed by atoms with Gasteiger partial charge in [-0.1, -0.05) is 42.3 Å². The zero-order chi connectivity index (χ0) is 16.1. The summed E-state index contributed by atoms with van der Waals surface area (Å²) in [4.78, 5) is 20.6. The molecule has 0 radical (unpaired) electrons. The van der Waals surface area contributed by atoms with Crippen LogP contribution in [0.1, 0.15) is 12.7 Å². The molecule has 0 bridgehead atoms. The van der Waals surface area contributed by atoms with E-state index in [1.165, 1.54) is 4.57 Å². The van der Waals surface area contributed by atoms with Gasteiger partial charge in [-0.2, -0.15) is 9.97 Å². The third-order valence-corrected chi connectivity index (χ3v) is 3.42.